The maximum absolute atomic E-state index is 12.6. The summed E-state index contributed by atoms with van der Waals surface area (Å²) < 4.78 is 7.38. The molecule has 1 unspecified atom stereocenters. The molecule has 0 spiro atoms. The van der Waals surface area contributed by atoms with E-state index in [9.17, 15) is 14.4 Å². The minimum atomic E-state index is -0.306. The van der Waals surface area contributed by atoms with E-state index in [1.54, 1.807) is 24.1 Å². The van der Waals surface area contributed by atoms with Crippen molar-refractivity contribution in [3.8, 4) is 5.75 Å². The molecule has 3 heterocycles. The number of hydrogen-bond acceptors (Lipinski definition) is 5. The van der Waals surface area contributed by atoms with Crippen LogP contribution in [0.2, 0.25) is 0 Å². The molecule has 1 atom stereocenters. The first-order chi connectivity index (χ1) is 12.5. The normalized spacial score (nSPS) is 17.0. The maximum atomic E-state index is 12.6. The average Bonchev–Trinajstić information content (AvgIpc) is 2.99. The summed E-state index contributed by atoms with van der Waals surface area (Å²) in [5, 5.41) is 5.06. The summed E-state index contributed by atoms with van der Waals surface area (Å²) in [6.45, 7) is 1.02. The summed E-state index contributed by atoms with van der Waals surface area (Å²) in [5.41, 5.74) is 0.289. The van der Waals surface area contributed by atoms with E-state index in [1.165, 1.54) is 24.0 Å². The number of nitrogens with one attached hydrogen (secondary N) is 2. The molecule has 2 aromatic rings. The van der Waals surface area contributed by atoms with E-state index in [1.807, 2.05) is 0 Å². The van der Waals surface area contributed by atoms with Crippen LogP contribution in [0.25, 0.3) is 0 Å². The van der Waals surface area contributed by atoms with Crippen LogP contribution in [0.3, 0.4) is 0 Å². The van der Waals surface area contributed by atoms with Gasteiger partial charge in [-0.15, -0.1) is 0 Å². The van der Waals surface area contributed by atoms with Crippen LogP contribution >= 0.6 is 0 Å². The first kappa shape index (κ1) is 17.7. The third-order valence-electron chi connectivity index (χ3n) is 4.29. The highest BCUT2D eigenvalue weighted by Crippen LogP contribution is 2.20. The fourth-order valence-corrected chi connectivity index (χ4v) is 2.99. The van der Waals surface area contributed by atoms with Crippen LogP contribution in [0.5, 0.6) is 5.75 Å². The lowest BCUT2D eigenvalue weighted by molar-refractivity contribution is 0.0528. The quantitative estimate of drug-likeness (QED) is 0.808. The Kier molecular flexibility index (Phi) is 5.06. The molecule has 0 saturated carbocycles. The van der Waals surface area contributed by atoms with Crippen molar-refractivity contribution in [2.75, 3.05) is 20.1 Å². The van der Waals surface area contributed by atoms with Gasteiger partial charge >= 0.3 is 0 Å². The van der Waals surface area contributed by atoms with Gasteiger partial charge in [-0.25, -0.2) is 0 Å². The van der Waals surface area contributed by atoms with Crippen LogP contribution < -0.4 is 15.6 Å². The van der Waals surface area contributed by atoms with Crippen molar-refractivity contribution >= 4 is 11.8 Å². The lowest BCUT2D eigenvalue weighted by Gasteiger charge is -2.32. The molecule has 138 valence electrons. The molecule has 9 heteroatoms. The second kappa shape index (κ2) is 7.42. The molecule has 26 heavy (non-hydrogen) atoms. The summed E-state index contributed by atoms with van der Waals surface area (Å²) in [7, 11) is 3.17. The van der Waals surface area contributed by atoms with E-state index in [4.69, 9.17) is 4.74 Å². The molecule has 0 aromatic carbocycles. The first-order valence-corrected chi connectivity index (χ1v) is 8.38. The zero-order chi connectivity index (χ0) is 18.7. The Labute approximate surface area is 150 Å². The summed E-state index contributed by atoms with van der Waals surface area (Å²) in [6, 6.07) is 4.56. The number of amides is 2. The van der Waals surface area contributed by atoms with Gasteiger partial charge in [-0.3, -0.25) is 29.1 Å². The summed E-state index contributed by atoms with van der Waals surface area (Å²) >= 11 is 0. The number of aryl methyl sites for hydroxylation is 1. The van der Waals surface area contributed by atoms with Crippen molar-refractivity contribution in [3.63, 3.8) is 0 Å². The second-order valence-corrected chi connectivity index (χ2v) is 6.15. The SMILES string of the molecule is CNC(=O)c1cc(OC2CCCN(C(=O)c3cc(=O)[nH]n3C)C2)ccn1. The monoisotopic (exact) mass is 359 g/mol. The average molecular weight is 359 g/mol. The second-order valence-electron chi connectivity index (χ2n) is 6.15. The van der Waals surface area contributed by atoms with E-state index in [0.717, 1.165) is 12.8 Å². The molecule has 2 N–H and O–H groups in total. The molecule has 3 rings (SSSR count). The summed E-state index contributed by atoms with van der Waals surface area (Å²) in [5.74, 6) is 0.0381. The summed E-state index contributed by atoms with van der Waals surface area (Å²) in [6.07, 6.45) is 2.92. The highest BCUT2D eigenvalue weighted by Gasteiger charge is 2.27. The zero-order valence-corrected chi connectivity index (χ0v) is 14.7. The first-order valence-electron chi connectivity index (χ1n) is 8.38. The number of piperidine rings is 1. The van der Waals surface area contributed by atoms with Crippen LogP contribution in [0.4, 0.5) is 0 Å². The minimum absolute atomic E-state index is 0.191. The Morgan fingerprint density at radius 2 is 2.19 bits per heavy atom. The molecular formula is C17H21N5O4. The Morgan fingerprint density at radius 1 is 1.38 bits per heavy atom. The Morgan fingerprint density at radius 3 is 2.88 bits per heavy atom. The van der Waals surface area contributed by atoms with Gasteiger partial charge in [0.1, 0.15) is 23.2 Å². The smallest absolute Gasteiger partial charge is 0.272 e. The lowest BCUT2D eigenvalue weighted by Crippen LogP contribution is -2.44. The van der Waals surface area contributed by atoms with Gasteiger partial charge in [-0.1, -0.05) is 0 Å². The highest BCUT2D eigenvalue weighted by molar-refractivity contribution is 5.93. The van der Waals surface area contributed by atoms with Crippen LogP contribution in [-0.4, -0.2) is 57.7 Å². The van der Waals surface area contributed by atoms with E-state index in [2.05, 4.69) is 15.4 Å². The number of likely N-dealkylation sites (tertiary alicyclic amines) is 1. The number of pyridine rings is 1. The van der Waals surface area contributed by atoms with Gasteiger partial charge in [0.25, 0.3) is 17.4 Å². The minimum Gasteiger partial charge on any atom is -0.488 e. The van der Waals surface area contributed by atoms with Crippen molar-refractivity contribution in [2.24, 2.45) is 7.05 Å². The van der Waals surface area contributed by atoms with Crippen LogP contribution in [-0.2, 0) is 7.05 Å². The van der Waals surface area contributed by atoms with Crippen LogP contribution in [0, 0.1) is 0 Å². The summed E-state index contributed by atoms with van der Waals surface area (Å²) in [4.78, 5) is 41.4. The molecule has 1 aliphatic heterocycles. The molecule has 0 aliphatic carbocycles. The molecular weight excluding hydrogens is 338 g/mol. The van der Waals surface area contributed by atoms with Crippen molar-refractivity contribution < 1.29 is 14.3 Å². The van der Waals surface area contributed by atoms with Crippen molar-refractivity contribution in [1.82, 2.24) is 25.0 Å². The number of aromatic nitrogens is 3. The van der Waals surface area contributed by atoms with Crippen LogP contribution in [0.15, 0.2) is 29.2 Å². The van der Waals surface area contributed by atoms with Gasteiger partial charge in [0, 0.05) is 39.0 Å². The maximum Gasteiger partial charge on any atom is 0.272 e. The van der Waals surface area contributed by atoms with E-state index < -0.39 is 0 Å². The number of rotatable bonds is 4. The van der Waals surface area contributed by atoms with Crippen LogP contribution in [0.1, 0.15) is 33.8 Å². The highest BCUT2D eigenvalue weighted by atomic mass is 16.5. The lowest BCUT2D eigenvalue weighted by atomic mass is 10.1. The Balaban J connectivity index is 1.69. The molecule has 0 radical (unpaired) electrons. The molecule has 2 amide bonds. The number of carbonyl (C=O) groups excluding carboxylic acids is 2. The topological polar surface area (TPSA) is 109 Å². The predicted molar refractivity (Wildman–Crippen MR) is 93.2 cm³/mol. The molecule has 9 nitrogen and oxygen atoms in total. The van der Waals surface area contributed by atoms with E-state index in [0.29, 0.717) is 24.5 Å². The molecule has 2 aromatic heterocycles. The fraction of sp³-hybridized carbons (Fsp3) is 0.412. The zero-order valence-electron chi connectivity index (χ0n) is 14.7. The largest absolute Gasteiger partial charge is 0.488 e. The third-order valence-corrected chi connectivity index (χ3v) is 4.29. The fourth-order valence-electron chi connectivity index (χ4n) is 2.99. The van der Waals surface area contributed by atoms with Gasteiger partial charge < -0.3 is 15.0 Å². The number of aromatic amines is 1. The van der Waals surface area contributed by atoms with E-state index >= 15 is 0 Å². The number of H-pyrrole nitrogens is 1. The van der Waals surface area contributed by atoms with Gasteiger partial charge in [0.15, 0.2) is 0 Å². The van der Waals surface area contributed by atoms with Gasteiger partial charge in [-0.2, -0.15) is 0 Å². The number of ether oxygens (including phenoxy) is 1. The Bertz CT molecular complexity index is 872. The number of carbonyl (C=O) groups is 2. The Hall–Kier alpha value is -3.10. The predicted octanol–water partition coefficient (Wildman–Crippen LogP) is 0.152. The van der Waals surface area contributed by atoms with Gasteiger partial charge in [0.05, 0.1) is 6.54 Å². The van der Waals surface area contributed by atoms with Crippen molar-refractivity contribution in [1.29, 1.82) is 0 Å². The van der Waals surface area contributed by atoms with Gasteiger partial charge in [0.2, 0.25) is 0 Å². The standard InChI is InChI=1S/C17H21N5O4/c1-18-16(24)13-8-11(5-6-19-13)26-12-4-3-7-22(10-12)17(25)14-9-15(23)20-21(14)2/h5-6,8-9,12H,3-4,7,10H2,1-2H3,(H,18,24)(H,20,23). The number of nitrogens with zero attached hydrogens (tertiary/aromatic N) is 3. The van der Waals surface area contributed by atoms with Crippen molar-refractivity contribution in [3.05, 3.63) is 46.1 Å². The van der Waals surface area contributed by atoms with Crippen molar-refractivity contribution in [2.45, 2.75) is 18.9 Å². The van der Waals surface area contributed by atoms with Gasteiger partial charge in [-0.05, 0) is 18.9 Å². The molecule has 1 aliphatic rings. The molecule has 0 bridgehead atoms. The van der Waals surface area contributed by atoms with E-state index in [-0.39, 0.29) is 29.2 Å². The molecule has 1 saturated heterocycles. The number of hydrogen-bond donors (Lipinski definition) is 2. The molecule has 1 fully saturated rings. The third kappa shape index (κ3) is 3.76.